The fourth-order valence-electron chi connectivity index (χ4n) is 3.04. The largest absolute Gasteiger partial charge is 0.497 e. The van der Waals surface area contributed by atoms with Gasteiger partial charge in [0.1, 0.15) is 5.75 Å². The lowest BCUT2D eigenvalue weighted by atomic mass is 10.1. The lowest BCUT2D eigenvalue weighted by Gasteiger charge is -2.36. The molecule has 2 aromatic rings. The van der Waals surface area contributed by atoms with Crippen LogP contribution in [0.3, 0.4) is 0 Å². The molecule has 140 valence electrons. The van der Waals surface area contributed by atoms with E-state index in [-0.39, 0.29) is 12.1 Å². The molecule has 6 nitrogen and oxygen atoms in total. The van der Waals surface area contributed by atoms with Gasteiger partial charge in [0.2, 0.25) is 0 Å². The van der Waals surface area contributed by atoms with Crippen molar-refractivity contribution in [2.75, 3.05) is 38.7 Å². The van der Waals surface area contributed by atoms with E-state index in [1.165, 1.54) is 4.88 Å². The topological polar surface area (TPSA) is 72.1 Å². The van der Waals surface area contributed by atoms with Crippen LogP contribution in [0.1, 0.15) is 17.8 Å². The Morgan fingerprint density at radius 2 is 2.23 bits per heavy atom. The van der Waals surface area contributed by atoms with E-state index >= 15 is 0 Å². The zero-order valence-corrected chi connectivity index (χ0v) is 16.0. The second-order valence-corrected chi connectivity index (χ2v) is 7.27. The van der Waals surface area contributed by atoms with E-state index in [2.05, 4.69) is 39.6 Å². The first-order valence-corrected chi connectivity index (χ1v) is 9.63. The number of hydrogen-bond acceptors (Lipinski definition) is 5. The van der Waals surface area contributed by atoms with Gasteiger partial charge in [-0.25, -0.2) is 0 Å². The Bertz CT molecular complexity index is 703. The zero-order valence-electron chi connectivity index (χ0n) is 15.2. The van der Waals surface area contributed by atoms with Gasteiger partial charge in [0, 0.05) is 23.7 Å². The van der Waals surface area contributed by atoms with E-state index in [1.807, 2.05) is 24.3 Å². The molecule has 1 fully saturated rings. The third-order valence-corrected chi connectivity index (χ3v) is 5.36. The van der Waals surface area contributed by atoms with Crippen molar-refractivity contribution in [3.63, 3.8) is 0 Å². The molecule has 2 unspecified atom stereocenters. The van der Waals surface area contributed by atoms with E-state index in [9.17, 15) is 0 Å². The average Bonchev–Trinajstić information content (AvgIpc) is 3.17. The van der Waals surface area contributed by atoms with Crippen LogP contribution in [-0.2, 0) is 4.74 Å². The number of methoxy groups -OCH3 is 1. The molecule has 0 saturated carbocycles. The molecule has 1 aliphatic heterocycles. The monoisotopic (exact) mass is 374 g/mol. The van der Waals surface area contributed by atoms with Crippen LogP contribution in [0.2, 0.25) is 0 Å². The highest BCUT2D eigenvalue weighted by atomic mass is 32.1. The molecule has 1 aliphatic rings. The molecule has 0 bridgehead atoms. The Labute approximate surface area is 158 Å². The van der Waals surface area contributed by atoms with Crippen molar-refractivity contribution < 1.29 is 9.47 Å². The Balaban J connectivity index is 1.66. The number of guanidine groups is 1. The van der Waals surface area contributed by atoms with Gasteiger partial charge in [0.25, 0.3) is 0 Å². The normalized spacial score (nSPS) is 19.9. The van der Waals surface area contributed by atoms with Crippen molar-refractivity contribution in [2.24, 2.45) is 10.7 Å². The minimum absolute atomic E-state index is 0.220. The molecule has 1 aromatic heterocycles. The summed E-state index contributed by atoms with van der Waals surface area (Å²) in [6.07, 6.45) is 0.241. The minimum Gasteiger partial charge on any atom is -0.497 e. The molecule has 0 spiro atoms. The number of aliphatic imine (C=N–C) groups is 1. The van der Waals surface area contributed by atoms with E-state index in [0.717, 1.165) is 31.1 Å². The maximum atomic E-state index is 6.10. The molecular formula is C19H26N4O2S. The predicted molar refractivity (Wildman–Crippen MR) is 107 cm³/mol. The first kappa shape index (κ1) is 18.7. The molecule has 0 aliphatic carbocycles. The second-order valence-electron chi connectivity index (χ2n) is 6.29. The van der Waals surface area contributed by atoms with E-state index in [1.54, 1.807) is 18.4 Å². The molecular weight excluding hydrogens is 348 g/mol. The number of nitrogens with two attached hydrogens (primary N) is 1. The number of hydrogen-bond donors (Lipinski definition) is 2. The summed E-state index contributed by atoms with van der Waals surface area (Å²) in [6, 6.07) is 12.1. The molecule has 7 heteroatoms. The summed E-state index contributed by atoms with van der Waals surface area (Å²) in [5.74, 6) is 1.23. The van der Waals surface area contributed by atoms with Gasteiger partial charge in [-0.15, -0.1) is 11.3 Å². The molecule has 2 heterocycles. The third-order valence-electron chi connectivity index (χ3n) is 4.38. The smallest absolute Gasteiger partial charge is 0.193 e. The first-order valence-electron chi connectivity index (χ1n) is 8.75. The van der Waals surface area contributed by atoms with Crippen molar-refractivity contribution in [3.8, 4) is 5.75 Å². The lowest BCUT2D eigenvalue weighted by Crippen LogP contribution is -2.44. The minimum atomic E-state index is 0.220. The van der Waals surface area contributed by atoms with Crippen LogP contribution in [0.5, 0.6) is 5.75 Å². The van der Waals surface area contributed by atoms with Gasteiger partial charge in [-0.05, 0) is 42.6 Å². The fourth-order valence-corrected chi connectivity index (χ4v) is 3.89. The summed E-state index contributed by atoms with van der Waals surface area (Å²) in [5, 5.41) is 5.24. The summed E-state index contributed by atoms with van der Waals surface area (Å²) >= 11 is 1.76. The van der Waals surface area contributed by atoms with Crippen molar-refractivity contribution in [3.05, 3.63) is 46.7 Å². The van der Waals surface area contributed by atoms with Crippen LogP contribution in [-0.4, -0.2) is 50.3 Å². The molecule has 0 amide bonds. The van der Waals surface area contributed by atoms with Crippen LogP contribution in [0.4, 0.5) is 5.69 Å². The van der Waals surface area contributed by atoms with Crippen molar-refractivity contribution in [2.45, 2.75) is 19.1 Å². The van der Waals surface area contributed by atoms with Crippen LogP contribution < -0.4 is 15.8 Å². The van der Waals surface area contributed by atoms with Crippen LogP contribution in [0, 0.1) is 0 Å². The van der Waals surface area contributed by atoms with Crippen molar-refractivity contribution in [1.29, 1.82) is 0 Å². The number of ether oxygens (including phenoxy) is 2. The molecule has 3 rings (SSSR count). The number of nitrogens with zero attached hydrogens (tertiary/aromatic N) is 2. The average molecular weight is 375 g/mol. The van der Waals surface area contributed by atoms with E-state index in [0.29, 0.717) is 12.5 Å². The lowest BCUT2D eigenvalue weighted by molar-refractivity contribution is -0.0327. The Morgan fingerprint density at radius 1 is 1.42 bits per heavy atom. The van der Waals surface area contributed by atoms with Crippen molar-refractivity contribution in [1.82, 2.24) is 4.90 Å². The van der Waals surface area contributed by atoms with E-state index < -0.39 is 0 Å². The number of anilines is 1. The first-order chi connectivity index (χ1) is 12.7. The van der Waals surface area contributed by atoms with Gasteiger partial charge >= 0.3 is 0 Å². The maximum Gasteiger partial charge on any atom is 0.193 e. The number of thiophene rings is 1. The summed E-state index contributed by atoms with van der Waals surface area (Å²) in [5.41, 5.74) is 6.99. The maximum absolute atomic E-state index is 6.10. The predicted octanol–water partition coefficient (Wildman–Crippen LogP) is 2.95. The van der Waals surface area contributed by atoms with Crippen molar-refractivity contribution >= 4 is 23.0 Å². The van der Waals surface area contributed by atoms with Gasteiger partial charge in [-0.1, -0.05) is 6.07 Å². The molecule has 1 saturated heterocycles. The standard InChI is InChI=1S/C19H26N4O2S/c1-14-13-23(9-10-25-14)17(18-4-3-11-26-18)12-21-19(20)22-15-5-7-16(24-2)8-6-15/h3-8,11,14,17H,9-10,12-13H2,1-2H3,(H3,20,21,22). The fraction of sp³-hybridized carbons (Fsp3) is 0.421. The number of benzene rings is 1. The van der Waals surface area contributed by atoms with Gasteiger partial charge in [0.05, 0.1) is 32.4 Å². The summed E-state index contributed by atoms with van der Waals surface area (Å²) in [7, 11) is 1.65. The highest BCUT2D eigenvalue weighted by Crippen LogP contribution is 2.27. The number of nitrogens with one attached hydrogen (secondary N) is 1. The van der Waals surface area contributed by atoms with Crippen LogP contribution >= 0.6 is 11.3 Å². The zero-order chi connectivity index (χ0) is 18.4. The highest BCUT2D eigenvalue weighted by molar-refractivity contribution is 7.10. The Hall–Kier alpha value is -2.09. The quantitative estimate of drug-likeness (QED) is 0.601. The van der Waals surface area contributed by atoms with Gasteiger partial charge in [-0.3, -0.25) is 9.89 Å². The Kier molecular flexibility index (Phi) is 6.49. The van der Waals surface area contributed by atoms with Crippen LogP contribution in [0.15, 0.2) is 46.8 Å². The molecule has 26 heavy (non-hydrogen) atoms. The van der Waals surface area contributed by atoms with E-state index in [4.69, 9.17) is 15.2 Å². The number of rotatable bonds is 6. The molecule has 3 N–H and O–H groups in total. The molecule has 2 atom stereocenters. The van der Waals surface area contributed by atoms with Gasteiger partial charge in [0.15, 0.2) is 5.96 Å². The summed E-state index contributed by atoms with van der Waals surface area (Å²) < 4.78 is 10.8. The van der Waals surface area contributed by atoms with Gasteiger partial charge < -0.3 is 20.5 Å². The third kappa shape index (κ3) is 4.97. The molecule has 0 radical (unpaired) electrons. The summed E-state index contributed by atoms with van der Waals surface area (Å²) in [6.45, 7) is 5.30. The second kappa shape index (κ2) is 9.02. The SMILES string of the molecule is COc1ccc(NC(N)=NCC(c2cccs2)N2CCOC(C)C2)cc1. The molecule has 1 aromatic carbocycles. The Morgan fingerprint density at radius 3 is 2.88 bits per heavy atom. The van der Waals surface area contributed by atoms with Crippen LogP contribution in [0.25, 0.3) is 0 Å². The highest BCUT2D eigenvalue weighted by Gasteiger charge is 2.26. The van der Waals surface area contributed by atoms with Gasteiger partial charge in [-0.2, -0.15) is 0 Å². The summed E-state index contributed by atoms with van der Waals surface area (Å²) in [4.78, 5) is 8.34. The number of morpholine rings is 1.